The van der Waals surface area contributed by atoms with Crippen molar-refractivity contribution in [2.45, 2.75) is 41.0 Å². The Morgan fingerprint density at radius 2 is 1.62 bits per heavy atom. The van der Waals surface area contributed by atoms with Crippen LogP contribution in [-0.4, -0.2) is 32.4 Å². The fourth-order valence-electron chi connectivity index (χ4n) is 1.32. The summed E-state index contributed by atoms with van der Waals surface area (Å²) < 4.78 is 26.0. The molecular formula is C11H25NO3S. The van der Waals surface area contributed by atoms with Crippen LogP contribution in [0.25, 0.3) is 0 Å². The Hall–Kier alpha value is -0.130. The molecule has 0 aromatic heterocycles. The van der Waals surface area contributed by atoms with E-state index in [0.717, 1.165) is 0 Å². The van der Waals surface area contributed by atoms with Crippen LogP contribution in [0.15, 0.2) is 0 Å². The molecule has 0 amide bonds. The molecule has 4 nitrogen and oxygen atoms in total. The van der Waals surface area contributed by atoms with E-state index in [-0.39, 0.29) is 23.2 Å². The smallest absolute Gasteiger partial charge is 0.212 e. The van der Waals surface area contributed by atoms with Gasteiger partial charge in [-0.05, 0) is 17.3 Å². The molecule has 0 saturated carbocycles. The van der Waals surface area contributed by atoms with Crippen LogP contribution in [0.4, 0.5) is 0 Å². The number of sulfonamides is 1. The minimum atomic E-state index is -3.22. The van der Waals surface area contributed by atoms with Gasteiger partial charge in [-0.15, -0.1) is 0 Å². The van der Waals surface area contributed by atoms with E-state index in [0.29, 0.717) is 13.0 Å². The molecule has 0 saturated heterocycles. The van der Waals surface area contributed by atoms with Gasteiger partial charge in [-0.3, -0.25) is 0 Å². The van der Waals surface area contributed by atoms with Gasteiger partial charge in [-0.2, -0.15) is 0 Å². The number of nitrogens with one attached hydrogen (secondary N) is 1. The van der Waals surface area contributed by atoms with Gasteiger partial charge in [0.15, 0.2) is 0 Å². The van der Waals surface area contributed by atoms with Crippen molar-refractivity contribution >= 4 is 10.0 Å². The lowest BCUT2D eigenvalue weighted by Crippen LogP contribution is -2.38. The van der Waals surface area contributed by atoms with Crippen LogP contribution in [0.5, 0.6) is 0 Å². The Balaban J connectivity index is 4.30. The standard InChI is InChI=1S/C11H25NO3S/c1-10(2,3)9-16(14,15)12-8-11(4,5)6-7-13/h12-13H,6-9H2,1-5H3. The molecule has 0 fully saturated rings. The van der Waals surface area contributed by atoms with Crippen molar-refractivity contribution in [3.05, 3.63) is 0 Å². The van der Waals surface area contributed by atoms with Gasteiger partial charge >= 0.3 is 0 Å². The van der Waals surface area contributed by atoms with Gasteiger partial charge in [0.25, 0.3) is 0 Å². The highest BCUT2D eigenvalue weighted by Crippen LogP contribution is 2.20. The van der Waals surface area contributed by atoms with Crippen molar-refractivity contribution in [2.75, 3.05) is 18.9 Å². The van der Waals surface area contributed by atoms with Crippen LogP contribution < -0.4 is 4.72 Å². The SMILES string of the molecule is CC(C)(C)CS(=O)(=O)NCC(C)(C)CCO. The van der Waals surface area contributed by atoms with E-state index in [1.807, 2.05) is 34.6 Å². The molecule has 0 bridgehead atoms. The third-order valence-corrected chi connectivity index (χ3v) is 4.01. The second-order valence-electron chi connectivity index (χ2n) is 6.28. The monoisotopic (exact) mass is 251 g/mol. The molecule has 0 radical (unpaired) electrons. The number of hydrogen-bond donors (Lipinski definition) is 2. The summed E-state index contributed by atoms with van der Waals surface area (Å²) in [4.78, 5) is 0. The van der Waals surface area contributed by atoms with Gasteiger partial charge in [-0.1, -0.05) is 34.6 Å². The molecule has 0 aliphatic carbocycles. The van der Waals surface area contributed by atoms with Gasteiger partial charge in [0.05, 0.1) is 5.75 Å². The molecule has 0 aromatic carbocycles. The highest BCUT2D eigenvalue weighted by Gasteiger charge is 2.24. The summed E-state index contributed by atoms with van der Waals surface area (Å²) in [5.74, 6) is 0.120. The van der Waals surface area contributed by atoms with Crippen molar-refractivity contribution < 1.29 is 13.5 Å². The zero-order chi connectivity index (χ0) is 13.0. The van der Waals surface area contributed by atoms with E-state index in [4.69, 9.17) is 5.11 Å². The zero-order valence-electron chi connectivity index (χ0n) is 11.0. The summed E-state index contributed by atoms with van der Waals surface area (Å²) in [6.07, 6.45) is 0.588. The lowest BCUT2D eigenvalue weighted by atomic mass is 9.90. The molecule has 98 valence electrons. The zero-order valence-corrected chi connectivity index (χ0v) is 11.8. The summed E-state index contributed by atoms with van der Waals surface area (Å²) in [6.45, 7) is 9.99. The van der Waals surface area contributed by atoms with Crippen LogP contribution in [-0.2, 0) is 10.0 Å². The first-order valence-electron chi connectivity index (χ1n) is 5.56. The molecule has 0 rings (SSSR count). The van der Waals surface area contributed by atoms with E-state index in [2.05, 4.69) is 4.72 Å². The van der Waals surface area contributed by atoms with Crippen LogP contribution in [0.3, 0.4) is 0 Å². The highest BCUT2D eigenvalue weighted by atomic mass is 32.2. The quantitative estimate of drug-likeness (QED) is 0.749. The van der Waals surface area contributed by atoms with E-state index in [1.54, 1.807) is 0 Å². The Labute approximate surface area is 99.5 Å². The number of aliphatic hydroxyl groups is 1. The van der Waals surface area contributed by atoms with Crippen LogP contribution in [0, 0.1) is 10.8 Å². The average Bonchev–Trinajstić information content (AvgIpc) is 1.97. The summed E-state index contributed by atoms with van der Waals surface area (Å²) in [6, 6.07) is 0. The van der Waals surface area contributed by atoms with Gasteiger partial charge in [0, 0.05) is 13.2 Å². The molecule has 2 N–H and O–H groups in total. The third-order valence-electron chi connectivity index (χ3n) is 2.18. The van der Waals surface area contributed by atoms with Crippen molar-refractivity contribution in [3.8, 4) is 0 Å². The Kier molecular flexibility index (Phi) is 5.42. The average molecular weight is 251 g/mol. The summed E-state index contributed by atoms with van der Waals surface area (Å²) in [5.41, 5.74) is -0.452. The van der Waals surface area contributed by atoms with Crippen LogP contribution >= 0.6 is 0 Å². The summed E-state index contributed by atoms with van der Waals surface area (Å²) in [5, 5.41) is 8.84. The molecular weight excluding hydrogens is 226 g/mol. The minimum absolute atomic E-state index is 0.0774. The Morgan fingerprint density at radius 3 is 2.00 bits per heavy atom. The minimum Gasteiger partial charge on any atom is -0.396 e. The van der Waals surface area contributed by atoms with Gasteiger partial charge < -0.3 is 5.11 Å². The number of aliphatic hydroxyl groups excluding tert-OH is 1. The molecule has 0 aliphatic heterocycles. The number of rotatable bonds is 6. The van der Waals surface area contributed by atoms with Gasteiger partial charge in [0.2, 0.25) is 10.0 Å². The normalized spacial score (nSPS) is 14.1. The molecule has 0 aliphatic rings. The van der Waals surface area contributed by atoms with E-state index in [1.165, 1.54) is 0 Å². The largest absolute Gasteiger partial charge is 0.396 e. The van der Waals surface area contributed by atoms with E-state index in [9.17, 15) is 8.42 Å². The van der Waals surface area contributed by atoms with Crippen molar-refractivity contribution in [2.24, 2.45) is 10.8 Å². The lowest BCUT2D eigenvalue weighted by Gasteiger charge is -2.25. The molecule has 16 heavy (non-hydrogen) atoms. The van der Waals surface area contributed by atoms with Crippen LogP contribution in [0.1, 0.15) is 41.0 Å². The maximum atomic E-state index is 11.7. The number of hydrogen-bond acceptors (Lipinski definition) is 3. The second-order valence-corrected chi connectivity index (χ2v) is 8.09. The van der Waals surface area contributed by atoms with E-state index < -0.39 is 10.0 Å². The molecule has 0 aromatic rings. The molecule has 0 atom stereocenters. The maximum Gasteiger partial charge on any atom is 0.212 e. The Morgan fingerprint density at radius 1 is 1.12 bits per heavy atom. The van der Waals surface area contributed by atoms with Gasteiger partial charge in [-0.25, -0.2) is 13.1 Å². The van der Waals surface area contributed by atoms with Crippen molar-refractivity contribution in [1.29, 1.82) is 0 Å². The predicted octanol–water partition coefficient (Wildman–Crippen LogP) is 1.36. The fraction of sp³-hybridized carbons (Fsp3) is 1.00. The highest BCUT2D eigenvalue weighted by molar-refractivity contribution is 7.89. The van der Waals surface area contributed by atoms with Gasteiger partial charge in [0.1, 0.15) is 0 Å². The van der Waals surface area contributed by atoms with Crippen molar-refractivity contribution in [3.63, 3.8) is 0 Å². The first-order valence-corrected chi connectivity index (χ1v) is 7.21. The molecule has 0 unspecified atom stereocenters. The first-order chi connectivity index (χ1) is 6.97. The van der Waals surface area contributed by atoms with Crippen molar-refractivity contribution in [1.82, 2.24) is 4.72 Å². The topological polar surface area (TPSA) is 66.4 Å². The maximum absolute atomic E-state index is 11.7. The predicted molar refractivity (Wildman–Crippen MR) is 66.7 cm³/mol. The van der Waals surface area contributed by atoms with Crippen LogP contribution in [0.2, 0.25) is 0 Å². The van der Waals surface area contributed by atoms with E-state index >= 15 is 0 Å². The fourth-order valence-corrected chi connectivity index (χ4v) is 3.17. The Bertz CT molecular complexity index is 302. The lowest BCUT2D eigenvalue weighted by molar-refractivity contribution is 0.213. The first kappa shape index (κ1) is 15.9. The summed E-state index contributed by atoms with van der Waals surface area (Å²) in [7, 11) is -3.22. The third kappa shape index (κ3) is 8.07. The molecule has 0 spiro atoms. The molecule has 0 heterocycles. The summed E-state index contributed by atoms with van der Waals surface area (Å²) >= 11 is 0. The second kappa shape index (κ2) is 5.47. The molecule has 5 heteroatoms.